The number of nitrogens with zero attached hydrogens (tertiary/aromatic N) is 2. The SMILES string of the molecule is Cc1cccc2c(=O)n(-c3cccc(Cl)c3)c(C(C)N)nc12. The molecule has 112 valence electrons. The van der Waals surface area contributed by atoms with E-state index in [4.69, 9.17) is 17.3 Å². The molecule has 0 aliphatic rings. The van der Waals surface area contributed by atoms with E-state index in [9.17, 15) is 4.79 Å². The maximum atomic E-state index is 12.9. The van der Waals surface area contributed by atoms with Gasteiger partial charge in [0.05, 0.1) is 22.6 Å². The molecule has 2 N–H and O–H groups in total. The minimum Gasteiger partial charge on any atom is -0.322 e. The third-order valence-corrected chi connectivity index (χ3v) is 3.84. The van der Waals surface area contributed by atoms with Crippen LogP contribution < -0.4 is 11.3 Å². The van der Waals surface area contributed by atoms with Crippen molar-refractivity contribution in [3.8, 4) is 5.69 Å². The second kappa shape index (κ2) is 5.55. The van der Waals surface area contributed by atoms with E-state index in [1.807, 2.05) is 32.0 Å². The lowest BCUT2D eigenvalue weighted by molar-refractivity contribution is 0.696. The fourth-order valence-electron chi connectivity index (χ4n) is 2.54. The number of hydrogen-bond donors (Lipinski definition) is 1. The summed E-state index contributed by atoms with van der Waals surface area (Å²) < 4.78 is 1.54. The molecule has 3 aromatic rings. The number of halogens is 1. The van der Waals surface area contributed by atoms with Gasteiger partial charge in [0.25, 0.3) is 5.56 Å². The van der Waals surface area contributed by atoms with Crippen molar-refractivity contribution in [3.63, 3.8) is 0 Å². The summed E-state index contributed by atoms with van der Waals surface area (Å²) in [7, 11) is 0. The van der Waals surface area contributed by atoms with Crippen LogP contribution in [0.15, 0.2) is 47.3 Å². The monoisotopic (exact) mass is 313 g/mol. The number of rotatable bonds is 2. The van der Waals surface area contributed by atoms with Gasteiger partial charge in [-0.3, -0.25) is 9.36 Å². The van der Waals surface area contributed by atoms with Crippen LogP contribution in [0.5, 0.6) is 0 Å². The van der Waals surface area contributed by atoms with Gasteiger partial charge in [-0.2, -0.15) is 0 Å². The Hall–Kier alpha value is -2.17. The van der Waals surface area contributed by atoms with Gasteiger partial charge in [0.1, 0.15) is 5.82 Å². The molecule has 4 nitrogen and oxygen atoms in total. The standard InChI is InChI=1S/C17H16ClN3O/c1-10-5-3-8-14-15(10)20-16(11(2)19)21(17(14)22)13-7-4-6-12(18)9-13/h3-9,11H,19H2,1-2H3. The van der Waals surface area contributed by atoms with Gasteiger partial charge in [0, 0.05) is 5.02 Å². The van der Waals surface area contributed by atoms with Crippen LogP contribution in [0.4, 0.5) is 0 Å². The molecule has 0 aliphatic carbocycles. The highest BCUT2D eigenvalue weighted by Gasteiger charge is 2.16. The lowest BCUT2D eigenvalue weighted by atomic mass is 10.1. The molecule has 0 bridgehead atoms. The second-order valence-electron chi connectivity index (χ2n) is 5.35. The molecule has 0 spiro atoms. The Morgan fingerprint density at radius 1 is 1.23 bits per heavy atom. The molecule has 0 saturated carbocycles. The van der Waals surface area contributed by atoms with Gasteiger partial charge in [-0.25, -0.2) is 4.98 Å². The van der Waals surface area contributed by atoms with E-state index in [-0.39, 0.29) is 11.6 Å². The van der Waals surface area contributed by atoms with Crippen LogP contribution in [0.25, 0.3) is 16.6 Å². The maximum absolute atomic E-state index is 12.9. The number of para-hydroxylation sites is 1. The van der Waals surface area contributed by atoms with E-state index in [1.54, 1.807) is 24.3 Å². The molecule has 1 aromatic heterocycles. The van der Waals surface area contributed by atoms with Crippen molar-refractivity contribution in [2.24, 2.45) is 5.73 Å². The summed E-state index contributed by atoms with van der Waals surface area (Å²) in [5, 5.41) is 1.13. The fourth-order valence-corrected chi connectivity index (χ4v) is 2.72. The topological polar surface area (TPSA) is 60.9 Å². The third kappa shape index (κ3) is 2.40. The second-order valence-corrected chi connectivity index (χ2v) is 5.79. The van der Waals surface area contributed by atoms with Crippen molar-refractivity contribution in [1.29, 1.82) is 0 Å². The maximum Gasteiger partial charge on any atom is 0.266 e. The summed E-state index contributed by atoms with van der Waals surface area (Å²) in [4.78, 5) is 17.6. The zero-order valence-corrected chi connectivity index (χ0v) is 13.1. The summed E-state index contributed by atoms with van der Waals surface area (Å²) in [6.45, 7) is 3.75. The summed E-state index contributed by atoms with van der Waals surface area (Å²) in [6.07, 6.45) is 0. The van der Waals surface area contributed by atoms with Crippen molar-refractivity contribution in [2.75, 3.05) is 0 Å². The Bertz CT molecular complexity index is 915. The molecule has 0 fully saturated rings. The van der Waals surface area contributed by atoms with Gasteiger partial charge in [0.15, 0.2) is 0 Å². The first-order valence-electron chi connectivity index (χ1n) is 7.03. The number of hydrogen-bond acceptors (Lipinski definition) is 3. The highest BCUT2D eigenvalue weighted by atomic mass is 35.5. The Labute approximate surface area is 133 Å². The van der Waals surface area contributed by atoms with Crippen LogP contribution in [-0.2, 0) is 0 Å². The third-order valence-electron chi connectivity index (χ3n) is 3.60. The Morgan fingerprint density at radius 3 is 2.64 bits per heavy atom. The van der Waals surface area contributed by atoms with Gasteiger partial charge < -0.3 is 5.73 Å². The molecule has 2 aromatic carbocycles. The first kappa shape index (κ1) is 14.8. The van der Waals surface area contributed by atoms with Crippen LogP contribution in [0.1, 0.15) is 24.4 Å². The Morgan fingerprint density at radius 2 is 1.95 bits per heavy atom. The first-order chi connectivity index (χ1) is 10.5. The van der Waals surface area contributed by atoms with Crippen LogP contribution in [0, 0.1) is 6.92 Å². The number of aryl methyl sites for hydroxylation is 1. The first-order valence-corrected chi connectivity index (χ1v) is 7.40. The molecule has 5 heteroatoms. The normalized spacial score (nSPS) is 12.5. The van der Waals surface area contributed by atoms with E-state index in [0.717, 1.165) is 5.56 Å². The van der Waals surface area contributed by atoms with Gasteiger partial charge >= 0.3 is 0 Å². The van der Waals surface area contributed by atoms with Crippen molar-refractivity contribution < 1.29 is 0 Å². The van der Waals surface area contributed by atoms with Gasteiger partial charge in [-0.05, 0) is 43.7 Å². The Kier molecular flexibility index (Phi) is 3.72. The zero-order chi connectivity index (χ0) is 15.9. The fraction of sp³-hybridized carbons (Fsp3) is 0.176. The van der Waals surface area contributed by atoms with E-state index < -0.39 is 0 Å². The van der Waals surface area contributed by atoms with Crippen molar-refractivity contribution >= 4 is 22.5 Å². The van der Waals surface area contributed by atoms with Crippen LogP contribution in [0.2, 0.25) is 5.02 Å². The number of fused-ring (bicyclic) bond motifs is 1. The highest BCUT2D eigenvalue weighted by Crippen LogP contribution is 2.20. The largest absolute Gasteiger partial charge is 0.322 e. The average Bonchev–Trinajstić information content (AvgIpc) is 2.47. The van der Waals surface area contributed by atoms with Gasteiger partial charge in [0.2, 0.25) is 0 Å². The molecule has 0 radical (unpaired) electrons. The number of aromatic nitrogens is 2. The van der Waals surface area contributed by atoms with Crippen LogP contribution in [0.3, 0.4) is 0 Å². The van der Waals surface area contributed by atoms with E-state index in [2.05, 4.69) is 4.98 Å². The molecule has 1 heterocycles. The highest BCUT2D eigenvalue weighted by molar-refractivity contribution is 6.30. The minimum absolute atomic E-state index is 0.136. The lowest BCUT2D eigenvalue weighted by Gasteiger charge is -2.16. The van der Waals surface area contributed by atoms with E-state index in [1.165, 1.54) is 4.57 Å². The molecule has 3 rings (SSSR count). The average molecular weight is 314 g/mol. The predicted octanol–water partition coefficient (Wildman–Crippen LogP) is 3.37. The van der Waals surface area contributed by atoms with Gasteiger partial charge in [-0.15, -0.1) is 0 Å². The van der Waals surface area contributed by atoms with Crippen molar-refractivity contribution in [3.05, 3.63) is 69.2 Å². The lowest BCUT2D eigenvalue weighted by Crippen LogP contribution is -2.27. The quantitative estimate of drug-likeness (QED) is 0.789. The van der Waals surface area contributed by atoms with E-state index in [0.29, 0.717) is 27.4 Å². The van der Waals surface area contributed by atoms with Crippen LogP contribution in [-0.4, -0.2) is 9.55 Å². The molecule has 0 aliphatic heterocycles. The summed E-state index contributed by atoms with van der Waals surface area (Å²) in [5.74, 6) is 0.522. The predicted molar refractivity (Wildman–Crippen MR) is 89.7 cm³/mol. The summed E-state index contributed by atoms with van der Waals surface area (Å²) in [5.41, 5.74) is 8.22. The smallest absolute Gasteiger partial charge is 0.266 e. The minimum atomic E-state index is -0.379. The zero-order valence-electron chi connectivity index (χ0n) is 12.4. The Balaban J connectivity index is 2.45. The van der Waals surface area contributed by atoms with Gasteiger partial charge in [-0.1, -0.05) is 29.8 Å². The number of benzene rings is 2. The van der Waals surface area contributed by atoms with Crippen molar-refractivity contribution in [1.82, 2.24) is 9.55 Å². The van der Waals surface area contributed by atoms with Crippen LogP contribution >= 0.6 is 11.6 Å². The molecular weight excluding hydrogens is 298 g/mol. The molecule has 1 unspecified atom stereocenters. The molecule has 0 saturated heterocycles. The molecular formula is C17H16ClN3O. The molecule has 1 atom stereocenters. The molecule has 22 heavy (non-hydrogen) atoms. The van der Waals surface area contributed by atoms with Crippen molar-refractivity contribution in [2.45, 2.75) is 19.9 Å². The summed E-state index contributed by atoms with van der Waals surface area (Å²) >= 11 is 6.06. The molecule has 0 amide bonds. The van der Waals surface area contributed by atoms with E-state index >= 15 is 0 Å². The summed E-state index contributed by atoms with van der Waals surface area (Å²) in [6, 6.07) is 12.3. The number of nitrogens with two attached hydrogens (primary N) is 1.